The smallest absolute Gasteiger partial charge is 0.289 e. The van der Waals surface area contributed by atoms with Crippen LogP contribution in [0, 0.1) is 0 Å². The molecule has 0 aromatic carbocycles. The average Bonchev–Trinajstić information content (AvgIpc) is 2.87. The van der Waals surface area contributed by atoms with E-state index in [1.807, 2.05) is 4.90 Å². The molecule has 1 heterocycles. The Morgan fingerprint density at radius 2 is 1.83 bits per heavy atom. The fourth-order valence-corrected chi connectivity index (χ4v) is 1.77. The van der Waals surface area contributed by atoms with Crippen LogP contribution >= 0.6 is 0 Å². The molecule has 18 heavy (non-hydrogen) atoms. The van der Waals surface area contributed by atoms with Crippen LogP contribution in [-0.4, -0.2) is 23.9 Å². The van der Waals surface area contributed by atoms with E-state index in [2.05, 4.69) is 13.8 Å². The van der Waals surface area contributed by atoms with Crippen molar-refractivity contribution < 1.29 is 9.21 Å². The summed E-state index contributed by atoms with van der Waals surface area (Å²) in [5, 5.41) is 0. The summed E-state index contributed by atoms with van der Waals surface area (Å²) in [6.07, 6.45) is 4.23. The third-order valence-corrected chi connectivity index (χ3v) is 2.92. The van der Waals surface area contributed by atoms with Crippen LogP contribution in [0.3, 0.4) is 0 Å². The van der Waals surface area contributed by atoms with E-state index < -0.39 is 0 Å². The second-order valence-corrected chi connectivity index (χ2v) is 4.47. The van der Waals surface area contributed by atoms with Crippen LogP contribution in [0.4, 0.5) is 0 Å². The number of hydrogen-bond donors (Lipinski definition) is 1. The van der Waals surface area contributed by atoms with Gasteiger partial charge in [-0.05, 0) is 25.0 Å². The van der Waals surface area contributed by atoms with Gasteiger partial charge in [-0.25, -0.2) is 0 Å². The van der Waals surface area contributed by atoms with Gasteiger partial charge in [0.2, 0.25) is 0 Å². The van der Waals surface area contributed by atoms with Gasteiger partial charge in [-0.15, -0.1) is 0 Å². The zero-order valence-electron chi connectivity index (χ0n) is 11.4. The summed E-state index contributed by atoms with van der Waals surface area (Å²) in [4.78, 5) is 14.2. The quantitative estimate of drug-likeness (QED) is 0.774. The number of unbranched alkanes of at least 4 members (excludes halogenated alkanes) is 2. The van der Waals surface area contributed by atoms with Crippen molar-refractivity contribution in [1.82, 2.24) is 4.90 Å². The topological polar surface area (TPSA) is 59.5 Å². The summed E-state index contributed by atoms with van der Waals surface area (Å²) >= 11 is 0. The molecule has 2 N–H and O–H groups in total. The fourth-order valence-electron chi connectivity index (χ4n) is 1.77. The largest absolute Gasteiger partial charge is 0.455 e. The van der Waals surface area contributed by atoms with Crippen LogP contribution in [0.5, 0.6) is 0 Å². The fraction of sp³-hybridized carbons (Fsp3) is 0.643. The van der Waals surface area contributed by atoms with Crippen molar-refractivity contribution in [2.24, 2.45) is 5.73 Å². The third kappa shape index (κ3) is 4.18. The Morgan fingerprint density at radius 1 is 1.22 bits per heavy atom. The van der Waals surface area contributed by atoms with Crippen LogP contribution in [0.25, 0.3) is 0 Å². The highest BCUT2D eigenvalue weighted by Gasteiger charge is 2.18. The van der Waals surface area contributed by atoms with Crippen molar-refractivity contribution in [3.05, 3.63) is 23.7 Å². The Hall–Kier alpha value is -1.29. The summed E-state index contributed by atoms with van der Waals surface area (Å²) in [6, 6.07) is 3.49. The predicted octanol–water partition coefficient (Wildman–Crippen LogP) is 2.78. The van der Waals surface area contributed by atoms with Gasteiger partial charge in [0.1, 0.15) is 5.76 Å². The summed E-state index contributed by atoms with van der Waals surface area (Å²) in [5.41, 5.74) is 5.48. The molecule has 0 aliphatic heterocycles. The maximum Gasteiger partial charge on any atom is 0.289 e. The molecule has 0 spiro atoms. The zero-order chi connectivity index (χ0) is 13.4. The minimum atomic E-state index is -0.0170. The lowest BCUT2D eigenvalue weighted by atomic mass is 10.2. The Morgan fingerprint density at radius 3 is 2.28 bits per heavy atom. The maximum atomic E-state index is 12.3. The first-order chi connectivity index (χ1) is 8.72. The molecule has 4 heteroatoms. The number of nitrogens with two attached hydrogens (primary N) is 1. The van der Waals surface area contributed by atoms with Crippen LogP contribution in [0.2, 0.25) is 0 Å². The number of carbonyl (C=O) groups is 1. The van der Waals surface area contributed by atoms with Crippen molar-refractivity contribution in [2.45, 2.75) is 46.1 Å². The predicted molar refractivity (Wildman–Crippen MR) is 72.3 cm³/mol. The Bertz CT molecular complexity index is 352. The van der Waals surface area contributed by atoms with E-state index in [0.29, 0.717) is 18.1 Å². The van der Waals surface area contributed by atoms with Crippen LogP contribution in [0.1, 0.15) is 55.8 Å². The van der Waals surface area contributed by atoms with Gasteiger partial charge in [-0.3, -0.25) is 4.79 Å². The van der Waals surface area contributed by atoms with E-state index in [9.17, 15) is 4.79 Å². The van der Waals surface area contributed by atoms with Crippen molar-refractivity contribution in [3.8, 4) is 0 Å². The Labute approximate surface area is 109 Å². The van der Waals surface area contributed by atoms with Crippen LogP contribution in [0.15, 0.2) is 16.5 Å². The molecule has 0 bridgehead atoms. The number of nitrogens with zero attached hydrogens (tertiary/aromatic N) is 1. The maximum absolute atomic E-state index is 12.3. The normalized spacial score (nSPS) is 10.6. The first-order valence-electron chi connectivity index (χ1n) is 6.81. The molecule has 1 aromatic heterocycles. The third-order valence-electron chi connectivity index (χ3n) is 2.92. The molecule has 0 unspecified atom stereocenters. The Balaban J connectivity index is 2.67. The molecule has 1 amide bonds. The molecular formula is C14H24N2O2. The van der Waals surface area contributed by atoms with Gasteiger partial charge < -0.3 is 15.1 Å². The van der Waals surface area contributed by atoms with Crippen molar-refractivity contribution in [1.29, 1.82) is 0 Å². The van der Waals surface area contributed by atoms with Gasteiger partial charge in [-0.1, -0.05) is 26.7 Å². The molecule has 0 fully saturated rings. The van der Waals surface area contributed by atoms with Gasteiger partial charge in [0.15, 0.2) is 5.76 Å². The minimum absolute atomic E-state index is 0.0170. The SMILES string of the molecule is CCCCN(CCCC)C(=O)c1ccc(CN)o1. The standard InChI is InChI=1S/C14H24N2O2/c1-3-5-9-16(10-6-4-2)14(17)13-8-7-12(11-15)18-13/h7-8H,3-6,9-11,15H2,1-2H3. The van der Waals surface area contributed by atoms with Crippen molar-refractivity contribution in [2.75, 3.05) is 13.1 Å². The summed E-state index contributed by atoms with van der Waals surface area (Å²) in [7, 11) is 0. The van der Waals surface area contributed by atoms with E-state index in [0.717, 1.165) is 38.8 Å². The first-order valence-corrected chi connectivity index (χ1v) is 6.81. The molecule has 0 aliphatic rings. The van der Waals surface area contributed by atoms with Crippen molar-refractivity contribution >= 4 is 5.91 Å². The number of amides is 1. The van der Waals surface area contributed by atoms with E-state index >= 15 is 0 Å². The Kier molecular flexibility index (Phi) is 6.50. The molecule has 0 radical (unpaired) electrons. The van der Waals surface area contributed by atoms with E-state index in [4.69, 9.17) is 10.2 Å². The van der Waals surface area contributed by atoms with Gasteiger partial charge in [0, 0.05) is 13.1 Å². The van der Waals surface area contributed by atoms with Gasteiger partial charge >= 0.3 is 0 Å². The number of hydrogen-bond acceptors (Lipinski definition) is 3. The highest BCUT2D eigenvalue weighted by atomic mass is 16.4. The van der Waals surface area contributed by atoms with Gasteiger partial charge in [0.25, 0.3) is 5.91 Å². The average molecular weight is 252 g/mol. The minimum Gasteiger partial charge on any atom is -0.455 e. The lowest BCUT2D eigenvalue weighted by molar-refractivity contribution is 0.0717. The van der Waals surface area contributed by atoms with E-state index in [1.54, 1.807) is 12.1 Å². The second kappa shape index (κ2) is 7.93. The molecule has 4 nitrogen and oxygen atoms in total. The lowest BCUT2D eigenvalue weighted by Crippen LogP contribution is -2.32. The lowest BCUT2D eigenvalue weighted by Gasteiger charge is -2.21. The number of carbonyl (C=O) groups excluding carboxylic acids is 1. The highest BCUT2D eigenvalue weighted by Crippen LogP contribution is 2.12. The molecule has 102 valence electrons. The molecule has 0 aliphatic carbocycles. The molecule has 1 aromatic rings. The van der Waals surface area contributed by atoms with Gasteiger partial charge in [-0.2, -0.15) is 0 Å². The van der Waals surface area contributed by atoms with Crippen molar-refractivity contribution in [3.63, 3.8) is 0 Å². The highest BCUT2D eigenvalue weighted by molar-refractivity contribution is 5.91. The molecule has 0 saturated carbocycles. The van der Waals surface area contributed by atoms with Crippen LogP contribution < -0.4 is 5.73 Å². The number of furan rings is 1. The molecule has 1 rings (SSSR count). The summed E-state index contributed by atoms with van der Waals surface area (Å²) in [5.74, 6) is 1.04. The summed E-state index contributed by atoms with van der Waals surface area (Å²) < 4.78 is 5.42. The van der Waals surface area contributed by atoms with Crippen LogP contribution in [-0.2, 0) is 6.54 Å². The first kappa shape index (κ1) is 14.8. The monoisotopic (exact) mass is 252 g/mol. The van der Waals surface area contributed by atoms with E-state index in [1.165, 1.54) is 0 Å². The van der Waals surface area contributed by atoms with Gasteiger partial charge in [0.05, 0.1) is 6.54 Å². The molecule has 0 saturated heterocycles. The number of rotatable bonds is 8. The summed E-state index contributed by atoms with van der Waals surface area (Å²) in [6.45, 7) is 6.18. The second-order valence-electron chi connectivity index (χ2n) is 4.47. The zero-order valence-corrected chi connectivity index (χ0v) is 11.4. The van der Waals surface area contributed by atoms with E-state index in [-0.39, 0.29) is 5.91 Å². The molecule has 0 atom stereocenters. The molecular weight excluding hydrogens is 228 g/mol.